The van der Waals surface area contributed by atoms with E-state index in [4.69, 9.17) is 0 Å². The van der Waals surface area contributed by atoms with Gasteiger partial charge in [-0.3, -0.25) is 0 Å². The highest BCUT2D eigenvalue weighted by Crippen LogP contribution is 2.35. The first-order valence-corrected chi connectivity index (χ1v) is 6.95. The molecule has 0 spiro atoms. The summed E-state index contributed by atoms with van der Waals surface area (Å²) in [4.78, 5) is 4.53. The number of hydrogen-bond acceptors (Lipinski definition) is 2. The summed E-state index contributed by atoms with van der Waals surface area (Å²) in [5.41, 5.74) is 2.92. The summed E-state index contributed by atoms with van der Waals surface area (Å²) in [6.45, 7) is 5.93. The number of hydrogen-bond donors (Lipinski definition) is 1. The van der Waals surface area contributed by atoms with Crippen LogP contribution >= 0.6 is 0 Å². The minimum atomic E-state index is -0.309. The Hall–Kier alpha value is -2.36. The summed E-state index contributed by atoms with van der Waals surface area (Å²) in [6.07, 6.45) is 0. The molecule has 1 aromatic heterocycles. The highest BCUT2D eigenvalue weighted by molar-refractivity contribution is 5.82. The minimum Gasteiger partial charge on any atom is -0.507 e. The Bertz CT molecular complexity index is 821. The fourth-order valence-corrected chi connectivity index (χ4v) is 2.62. The molecule has 3 rings (SSSR count). The van der Waals surface area contributed by atoms with Crippen molar-refractivity contribution >= 4 is 11.0 Å². The summed E-state index contributed by atoms with van der Waals surface area (Å²) in [5.74, 6) is 0.567. The first-order valence-electron chi connectivity index (χ1n) is 6.95. The lowest BCUT2D eigenvalue weighted by molar-refractivity contribution is 0.472. The van der Waals surface area contributed by atoms with Crippen molar-refractivity contribution in [3.05, 3.63) is 47.8 Å². The van der Waals surface area contributed by atoms with Crippen molar-refractivity contribution in [2.75, 3.05) is 0 Å². The topological polar surface area (TPSA) is 38.0 Å². The van der Waals surface area contributed by atoms with Gasteiger partial charge in [0.1, 0.15) is 17.4 Å². The van der Waals surface area contributed by atoms with Gasteiger partial charge in [0, 0.05) is 12.1 Å². The summed E-state index contributed by atoms with van der Waals surface area (Å²) >= 11 is 0. The number of aromatic hydroxyl groups is 1. The number of imidazole rings is 1. The number of halogens is 1. The third kappa shape index (κ3) is 2.17. The Morgan fingerprint density at radius 1 is 1.19 bits per heavy atom. The predicted octanol–water partition coefficient (Wildman–Crippen LogP) is 4.44. The minimum absolute atomic E-state index is 0.148. The first-order chi connectivity index (χ1) is 9.99. The van der Waals surface area contributed by atoms with Crippen LogP contribution in [0.2, 0.25) is 0 Å². The van der Waals surface area contributed by atoms with Crippen LogP contribution in [0.3, 0.4) is 0 Å². The SMILES string of the molecule is Cc1cccc(-c2nc3cc(F)ccc3n2C(C)C)c1O. The fourth-order valence-electron chi connectivity index (χ4n) is 2.62. The molecule has 0 atom stereocenters. The second-order valence-corrected chi connectivity index (χ2v) is 5.50. The van der Waals surface area contributed by atoms with E-state index < -0.39 is 0 Å². The van der Waals surface area contributed by atoms with Crippen LogP contribution < -0.4 is 0 Å². The zero-order valence-corrected chi connectivity index (χ0v) is 12.3. The van der Waals surface area contributed by atoms with Gasteiger partial charge in [0.15, 0.2) is 0 Å². The van der Waals surface area contributed by atoms with Gasteiger partial charge in [-0.25, -0.2) is 9.37 Å². The first kappa shape index (κ1) is 13.6. The Kier molecular flexibility index (Phi) is 3.16. The van der Waals surface area contributed by atoms with Crippen molar-refractivity contribution in [1.29, 1.82) is 0 Å². The van der Waals surface area contributed by atoms with E-state index in [-0.39, 0.29) is 17.6 Å². The molecule has 0 saturated heterocycles. The predicted molar refractivity (Wildman–Crippen MR) is 81.9 cm³/mol. The van der Waals surface area contributed by atoms with E-state index in [0.29, 0.717) is 16.9 Å². The maximum absolute atomic E-state index is 13.4. The van der Waals surface area contributed by atoms with E-state index in [1.165, 1.54) is 12.1 Å². The quantitative estimate of drug-likeness (QED) is 0.755. The molecule has 0 aliphatic rings. The van der Waals surface area contributed by atoms with Gasteiger partial charge in [-0.2, -0.15) is 0 Å². The van der Waals surface area contributed by atoms with Gasteiger partial charge < -0.3 is 9.67 Å². The molecule has 2 aromatic carbocycles. The van der Waals surface area contributed by atoms with E-state index in [9.17, 15) is 9.50 Å². The zero-order valence-electron chi connectivity index (χ0n) is 12.3. The monoisotopic (exact) mass is 284 g/mol. The van der Waals surface area contributed by atoms with Crippen LogP contribution in [-0.4, -0.2) is 14.7 Å². The van der Waals surface area contributed by atoms with Gasteiger partial charge in [-0.15, -0.1) is 0 Å². The van der Waals surface area contributed by atoms with E-state index >= 15 is 0 Å². The number of rotatable bonds is 2. The van der Waals surface area contributed by atoms with E-state index in [1.54, 1.807) is 6.07 Å². The number of aromatic nitrogens is 2. The van der Waals surface area contributed by atoms with Crippen LogP contribution in [0.1, 0.15) is 25.5 Å². The number of phenols is 1. The molecule has 4 heteroatoms. The molecule has 0 amide bonds. The molecule has 0 bridgehead atoms. The molecule has 3 aromatic rings. The van der Waals surface area contributed by atoms with Crippen LogP contribution in [0, 0.1) is 12.7 Å². The zero-order chi connectivity index (χ0) is 15.1. The summed E-state index contributed by atoms with van der Waals surface area (Å²) in [6, 6.07) is 10.3. The Labute approximate surface area is 122 Å². The Balaban J connectivity index is 2.36. The Morgan fingerprint density at radius 2 is 1.95 bits per heavy atom. The van der Waals surface area contributed by atoms with Gasteiger partial charge in [0.05, 0.1) is 16.6 Å². The smallest absolute Gasteiger partial charge is 0.145 e. The molecule has 0 radical (unpaired) electrons. The van der Waals surface area contributed by atoms with Crippen molar-refractivity contribution in [1.82, 2.24) is 9.55 Å². The highest BCUT2D eigenvalue weighted by atomic mass is 19.1. The molecular weight excluding hydrogens is 267 g/mol. The average Bonchev–Trinajstić information content (AvgIpc) is 2.80. The van der Waals surface area contributed by atoms with Crippen molar-refractivity contribution < 1.29 is 9.50 Å². The molecule has 0 unspecified atom stereocenters. The van der Waals surface area contributed by atoms with Crippen LogP contribution in [0.25, 0.3) is 22.4 Å². The van der Waals surface area contributed by atoms with E-state index in [1.807, 2.05) is 43.5 Å². The van der Waals surface area contributed by atoms with Crippen molar-refractivity contribution in [2.24, 2.45) is 0 Å². The van der Waals surface area contributed by atoms with Crippen LogP contribution in [0.15, 0.2) is 36.4 Å². The third-order valence-corrected chi connectivity index (χ3v) is 3.65. The summed E-state index contributed by atoms with van der Waals surface area (Å²) in [5, 5.41) is 10.3. The maximum atomic E-state index is 13.4. The second kappa shape index (κ2) is 4.88. The van der Waals surface area contributed by atoms with Crippen LogP contribution in [0.5, 0.6) is 5.75 Å². The molecule has 1 heterocycles. The van der Waals surface area contributed by atoms with Gasteiger partial charge >= 0.3 is 0 Å². The fraction of sp³-hybridized carbons (Fsp3) is 0.235. The number of para-hydroxylation sites is 1. The average molecular weight is 284 g/mol. The normalized spacial score (nSPS) is 11.5. The molecule has 0 saturated carbocycles. The lowest BCUT2D eigenvalue weighted by Gasteiger charge is -2.14. The standard InChI is InChI=1S/C17H17FN2O/c1-10(2)20-15-8-7-12(18)9-14(15)19-17(20)13-6-4-5-11(3)16(13)21/h4-10,21H,1-3H3. The van der Waals surface area contributed by atoms with Crippen molar-refractivity contribution in [3.8, 4) is 17.1 Å². The van der Waals surface area contributed by atoms with Gasteiger partial charge in [-0.05, 0) is 44.5 Å². The summed E-state index contributed by atoms with van der Waals surface area (Å²) < 4.78 is 15.4. The highest BCUT2D eigenvalue weighted by Gasteiger charge is 2.18. The van der Waals surface area contributed by atoms with Crippen LogP contribution in [-0.2, 0) is 0 Å². The molecule has 0 aliphatic heterocycles. The Morgan fingerprint density at radius 3 is 2.67 bits per heavy atom. The van der Waals surface area contributed by atoms with Gasteiger partial charge in [0.25, 0.3) is 0 Å². The molecule has 21 heavy (non-hydrogen) atoms. The van der Waals surface area contributed by atoms with E-state index in [2.05, 4.69) is 4.98 Å². The lowest BCUT2D eigenvalue weighted by atomic mass is 10.1. The van der Waals surface area contributed by atoms with Crippen molar-refractivity contribution in [3.63, 3.8) is 0 Å². The number of aryl methyl sites for hydroxylation is 1. The number of phenolic OH excluding ortho intramolecular Hbond substituents is 1. The second-order valence-electron chi connectivity index (χ2n) is 5.50. The molecule has 0 aliphatic carbocycles. The largest absolute Gasteiger partial charge is 0.507 e. The molecule has 108 valence electrons. The number of benzene rings is 2. The van der Waals surface area contributed by atoms with Crippen LogP contribution in [0.4, 0.5) is 4.39 Å². The van der Waals surface area contributed by atoms with E-state index in [0.717, 1.165) is 11.1 Å². The number of nitrogens with zero attached hydrogens (tertiary/aromatic N) is 2. The molecule has 1 N–H and O–H groups in total. The maximum Gasteiger partial charge on any atom is 0.145 e. The number of fused-ring (bicyclic) bond motifs is 1. The van der Waals surface area contributed by atoms with Crippen molar-refractivity contribution in [2.45, 2.75) is 26.8 Å². The van der Waals surface area contributed by atoms with Gasteiger partial charge in [0.2, 0.25) is 0 Å². The third-order valence-electron chi connectivity index (χ3n) is 3.65. The molecule has 0 fully saturated rings. The molecular formula is C17H17FN2O. The lowest BCUT2D eigenvalue weighted by Crippen LogP contribution is -2.03. The van der Waals surface area contributed by atoms with Gasteiger partial charge in [-0.1, -0.05) is 12.1 Å². The summed E-state index contributed by atoms with van der Waals surface area (Å²) in [7, 11) is 0. The molecule has 3 nitrogen and oxygen atoms in total.